The summed E-state index contributed by atoms with van der Waals surface area (Å²) in [7, 11) is 0. The minimum Gasteiger partial charge on any atom is -0.481 e. The van der Waals surface area contributed by atoms with Crippen LogP contribution in [0.5, 0.6) is 5.75 Å². The molecular weight excluding hydrogens is 497 g/mol. The summed E-state index contributed by atoms with van der Waals surface area (Å²) >= 11 is 0. The molecule has 1 aromatic rings. The van der Waals surface area contributed by atoms with E-state index in [1.165, 1.54) is 0 Å². The molecule has 0 unspecified atom stereocenters. The number of benzene rings is 1. The van der Waals surface area contributed by atoms with Crippen molar-refractivity contribution in [2.75, 3.05) is 6.54 Å². The third-order valence-electron chi connectivity index (χ3n) is 5.15. The van der Waals surface area contributed by atoms with Crippen LogP contribution in [0.15, 0.2) is 18.2 Å². The number of carboxylic acid groups (broad SMARTS) is 2. The van der Waals surface area contributed by atoms with Crippen LogP contribution >= 0.6 is 0 Å². The third kappa shape index (κ3) is 13.1. The molecule has 0 fully saturated rings. The smallest absolute Gasteiger partial charge is 0.481 e. The Labute approximate surface area is 214 Å². The van der Waals surface area contributed by atoms with Gasteiger partial charge in [0.25, 0.3) is 0 Å². The summed E-state index contributed by atoms with van der Waals surface area (Å²) < 4.78 is 37.5. The number of rotatable bonds is 11. The second-order valence-corrected chi connectivity index (χ2v) is 9.95. The van der Waals surface area contributed by atoms with Gasteiger partial charge in [-0.3, -0.25) is 14.4 Å². The van der Waals surface area contributed by atoms with E-state index in [-0.39, 0.29) is 43.6 Å². The van der Waals surface area contributed by atoms with Gasteiger partial charge in [-0.15, -0.1) is 0 Å². The van der Waals surface area contributed by atoms with E-state index in [0.717, 1.165) is 11.1 Å². The fourth-order valence-corrected chi connectivity index (χ4v) is 3.07. The number of ether oxygens (including phenoxy) is 1. The molecule has 0 aliphatic heterocycles. The minimum atomic E-state index is -5.08. The highest BCUT2D eigenvalue weighted by atomic mass is 19.4. The number of halogens is 3. The molecule has 0 heterocycles. The molecule has 0 aliphatic carbocycles. The average Bonchev–Trinajstić information content (AvgIpc) is 2.74. The minimum absolute atomic E-state index is 0.0631. The van der Waals surface area contributed by atoms with Crippen molar-refractivity contribution >= 4 is 23.8 Å². The Balaban J connectivity index is 0.00000161. The van der Waals surface area contributed by atoms with Crippen LogP contribution in [0.25, 0.3) is 0 Å². The van der Waals surface area contributed by atoms with E-state index in [1.54, 1.807) is 0 Å². The number of nitrogens with two attached hydrogens (primary N) is 1. The number of nitrogens with one attached hydrogen (secondary N) is 1. The predicted octanol–water partition coefficient (Wildman–Crippen LogP) is 4.20. The maximum atomic E-state index is 12.7. The molecule has 0 radical (unpaired) electrons. The maximum Gasteiger partial charge on any atom is 0.490 e. The molecule has 210 valence electrons. The van der Waals surface area contributed by atoms with Crippen LogP contribution in [0, 0.1) is 5.41 Å². The van der Waals surface area contributed by atoms with Crippen molar-refractivity contribution < 1.29 is 47.3 Å². The highest BCUT2D eigenvalue weighted by molar-refractivity contribution is 5.82. The van der Waals surface area contributed by atoms with Gasteiger partial charge in [-0.2, -0.15) is 13.2 Å². The Bertz CT molecular complexity index is 918. The molecule has 1 amide bonds. The standard InChI is InChI=1S/C23H36N2O5.C2HF3O2/c1-14(2)16-8-7-9-17(15(3)4)21(16)30-20(28)12-23(5,6)13-25-22(29)18(24)10-11-19(26)27;3-2(4,5)1(6)7/h7-9,14-15,18H,10-13,24H2,1-6H3,(H,25,29)(H,26,27);(H,6,7)/t18-;/m0./s1. The molecule has 1 rings (SSSR count). The third-order valence-corrected chi connectivity index (χ3v) is 5.15. The zero-order valence-electron chi connectivity index (χ0n) is 21.9. The molecule has 37 heavy (non-hydrogen) atoms. The van der Waals surface area contributed by atoms with Gasteiger partial charge in [0.15, 0.2) is 0 Å². The lowest BCUT2D eigenvalue weighted by atomic mass is 9.89. The van der Waals surface area contributed by atoms with E-state index in [0.29, 0.717) is 5.75 Å². The summed E-state index contributed by atoms with van der Waals surface area (Å²) in [5.74, 6) is -3.49. The topological polar surface area (TPSA) is 156 Å². The highest BCUT2D eigenvalue weighted by Crippen LogP contribution is 2.35. The number of carbonyl (C=O) groups is 4. The van der Waals surface area contributed by atoms with E-state index >= 15 is 0 Å². The number of alkyl halides is 3. The maximum absolute atomic E-state index is 12.7. The number of carbonyl (C=O) groups excluding carboxylic acids is 2. The summed E-state index contributed by atoms with van der Waals surface area (Å²) in [6, 6.07) is 5.04. The first kappa shape index (κ1) is 33.8. The van der Waals surface area contributed by atoms with Crippen molar-refractivity contribution in [1.82, 2.24) is 5.32 Å². The number of hydrogen-bond acceptors (Lipinski definition) is 6. The first-order valence-corrected chi connectivity index (χ1v) is 11.7. The Morgan fingerprint density at radius 3 is 1.84 bits per heavy atom. The van der Waals surface area contributed by atoms with Crippen molar-refractivity contribution in [2.24, 2.45) is 11.1 Å². The molecule has 1 atom stereocenters. The SMILES string of the molecule is CC(C)c1cccc(C(C)C)c1OC(=O)CC(C)(C)CNC(=O)[C@@H](N)CCC(=O)O.O=C(O)C(F)(F)F. The van der Waals surface area contributed by atoms with Gasteiger partial charge in [0.05, 0.1) is 12.5 Å². The second-order valence-electron chi connectivity index (χ2n) is 9.95. The molecule has 0 aromatic heterocycles. The van der Waals surface area contributed by atoms with Crippen molar-refractivity contribution in [3.63, 3.8) is 0 Å². The fraction of sp³-hybridized carbons (Fsp3) is 0.600. The average molecular weight is 535 g/mol. The van der Waals surface area contributed by atoms with Crippen LogP contribution in [0.1, 0.15) is 83.8 Å². The van der Waals surface area contributed by atoms with Gasteiger partial charge in [0, 0.05) is 13.0 Å². The second kappa shape index (κ2) is 14.6. The van der Waals surface area contributed by atoms with Crippen LogP contribution in [0.2, 0.25) is 0 Å². The van der Waals surface area contributed by atoms with Gasteiger partial charge in [-0.05, 0) is 34.8 Å². The molecule has 0 saturated heterocycles. The molecule has 0 aliphatic rings. The van der Waals surface area contributed by atoms with Crippen LogP contribution in [-0.2, 0) is 19.2 Å². The van der Waals surface area contributed by atoms with E-state index in [2.05, 4.69) is 33.0 Å². The van der Waals surface area contributed by atoms with E-state index in [1.807, 2.05) is 32.0 Å². The number of carboxylic acids is 2. The summed E-state index contributed by atoms with van der Waals surface area (Å²) in [6.07, 6.45) is -5.08. The van der Waals surface area contributed by atoms with E-state index in [4.69, 9.17) is 25.5 Å². The van der Waals surface area contributed by atoms with Gasteiger partial charge < -0.3 is 26.0 Å². The molecule has 0 saturated carbocycles. The Hall–Kier alpha value is -3.15. The summed E-state index contributed by atoms with van der Waals surface area (Å²) in [6.45, 7) is 12.2. The molecule has 9 nitrogen and oxygen atoms in total. The van der Waals surface area contributed by atoms with E-state index in [9.17, 15) is 27.6 Å². The van der Waals surface area contributed by atoms with Crippen LogP contribution < -0.4 is 15.8 Å². The number of para-hydroxylation sites is 1. The summed E-state index contributed by atoms with van der Waals surface area (Å²) in [5, 5.41) is 18.5. The summed E-state index contributed by atoms with van der Waals surface area (Å²) in [5.41, 5.74) is 7.15. The molecule has 1 aromatic carbocycles. The lowest BCUT2D eigenvalue weighted by molar-refractivity contribution is -0.192. The Kier molecular flexibility index (Phi) is 13.3. The number of amides is 1. The van der Waals surface area contributed by atoms with Gasteiger partial charge in [-0.25, -0.2) is 4.79 Å². The molecule has 0 spiro atoms. The fourth-order valence-electron chi connectivity index (χ4n) is 3.07. The molecular formula is C25H37F3N2O7. The summed E-state index contributed by atoms with van der Waals surface area (Å²) in [4.78, 5) is 44.3. The quantitative estimate of drug-likeness (QED) is 0.243. The molecule has 0 bridgehead atoms. The van der Waals surface area contributed by atoms with Gasteiger partial charge in [-0.1, -0.05) is 59.7 Å². The highest BCUT2D eigenvalue weighted by Gasteiger charge is 2.38. The Morgan fingerprint density at radius 1 is 1.00 bits per heavy atom. The Morgan fingerprint density at radius 2 is 1.46 bits per heavy atom. The number of hydrogen-bond donors (Lipinski definition) is 4. The number of aliphatic carboxylic acids is 2. The monoisotopic (exact) mass is 534 g/mol. The van der Waals surface area contributed by atoms with Crippen molar-refractivity contribution in [3.05, 3.63) is 29.3 Å². The molecule has 12 heteroatoms. The van der Waals surface area contributed by atoms with Crippen molar-refractivity contribution in [3.8, 4) is 5.75 Å². The van der Waals surface area contributed by atoms with Crippen molar-refractivity contribution in [1.29, 1.82) is 0 Å². The normalized spacial score (nSPS) is 12.4. The lowest BCUT2D eigenvalue weighted by Gasteiger charge is -2.26. The van der Waals surface area contributed by atoms with Crippen LogP contribution in [0.3, 0.4) is 0 Å². The van der Waals surface area contributed by atoms with Crippen LogP contribution in [-0.4, -0.2) is 52.8 Å². The largest absolute Gasteiger partial charge is 0.490 e. The predicted molar refractivity (Wildman–Crippen MR) is 130 cm³/mol. The lowest BCUT2D eigenvalue weighted by Crippen LogP contribution is -2.44. The zero-order chi connectivity index (χ0) is 29.1. The van der Waals surface area contributed by atoms with Crippen LogP contribution in [0.4, 0.5) is 13.2 Å². The zero-order valence-corrected chi connectivity index (χ0v) is 21.9. The van der Waals surface area contributed by atoms with Gasteiger partial charge >= 0.3 is 24.1 Å². The molecule has 5 N–H and O–H groups in total. The first-order chi connectivity index (χ1) is 16.8. The number of esters is 1. The van der Waals surface area contributed by atoms with Crippen molar-refractivity contribution in [2.45, 2.75) is 84.9 Å². The van der Waals surface area contributed by atoms with Gasteiger partial charge in [0.2, 0.25) is 5.91 Å². The van der Waals surface area contributed by atoms with Gasteiger partial charge in [0.1, 0.15) is 5.75 Å². The van der Waals surface area contributed by atoms with E-state index < -0.39 is 35.5 Å². The first-order valence-electron chi connectivity index (χ1n) is 11.7.